The molecule has 5 nitrogen and oxygen atoms in total. The third-order valence-corrected chi connectivity index (χ3v) is 6.49. The van der Waals surface area contributed by atoms with E-state index in [0.717, 1.165) is 39.0 Å². The Labute approximate surface area is 177 Å². The smallest absolute Gasteiger partial charge is 0.274 e. The minimum absolute atomic E-state index is 0.00620. The fraction of sp³-hybridized carbons (Fsp3) is 0.320. The van der Waals surface area contributed by atoms with E-state index in [1.54, 1.807) is 18.6 Å². The van der Waals surface area contributed by atoms with Crippen molar-refractivity contribution in [3.8, 4) is 11.1 Å². The molecule has 2 aliphatic rings. The van der Waals surface area contributed by atoms with Crippen LogP contribution in [0.2, 0.25) is 0 Å². The monoisotopic (exact) mass is 398 g/mol. The molecule has 5 rings (SSSR count). The number of nitrogens with zero attached hydrogens (tertiary/aromatic N) is 4. The van der Waals surface area contributed by atoms with E-state index in [9.17, 15) is 4.79 Å². The highest BCUT2D eigenvalue weighted by molar-refractivity contribution is 5.92. The number of likely N-dealkylation sites (tertiary alicyclic amines) is 1. The van der Waals surface area contributed by atoms with Crippen molar-refractivity contribution >= 4 is 11.6 Å². The van der Waals surface area contributed by atoms with Crippen LogP contribution in [0.5, 0.6) is 0 Å². The molecule has 2 aromatic carbocycles. The van der Waals surface area contributed by atoms with Crippen molar-refractivity contribution in [1.29, 1.82) is 0 Å². The van der Waals surface area contributed by atoms with Gasteiger partial charge in [0, 0.05) is 49.7 Å². The summed E-state index contributed by atoms with van der Waals surface area (Å²) in [6.07, 6.45) is 8.10. The van der Waals surface area contributed by atoms with Gasteiger partial charge in [-0.2, -0.15) is 0 Å². The van der Waals surface area contributed by atoms with Crippen LogP contribution in [0.4, 0.5) is 5.69 Å². The van der Waals surface area contributed by atoms with E-state index in [1.165, 1.54) is 23.2 Å². The number of hydrogen-bond donors (Lipinski definition) is 0. The Morgan fingerprint density at radius 3 is 2.60 bits per heavy atom. The second-order valence-corrected chi connectivity index (χ2v) is 8.51. The summed E-state index contributed by atoms with van der Waals surface area (Å²) >= 11 is 0. The predicted molar refractivity (Wildman–Crippen MR) is 118 cm³/mol. The number of benzene rings is 2. The SMILES string of the molecule is O=C(c1cnccn1)N1CCC[C@@]2(CCN(c3cccc(-c4ccccc4)c3)C2)C1. The molecule has 30 heavy (non-hydrogen) atoms. The zero-order valence-corrected chi connectivity index (χ0v) is 17.1. The molecule has 0 unspecified atom stereocenters. The minimum Gasteiger partial charge on any atom is -0.371 e. The summed E-state index contributed by atoms with van der Waals surface area (Å²) in [6.45, 7) is 3.64. The summed E-state index contributed by atoms with van der Waals surface area (Å²) in [7, 11) is 0. The average Bonchev–Trinajstić information content (AvgIpc) is 3.23. The van der Waals surface area contributed by atoms with E-state index < -0.39 is 0 Å². The number of aromatic nitrogens is 2. The summed E-state index contributed by atoms with van der Waals surface area (Å²) in [5, 5.41) is 0. The number of rotatable bonds is 3. The van der Waals surface area contributed by atoms with E-state index in [2.05, 4.69) is 69.5 Å². The van der Waals surface area contributed by atoms with Crippen molar-refractivity contribution in [2.24, 2.45) is 5.41 Å². The van der Waals surface area contributed by atoms with Gasteiger partial charge in [-0.3, -0.25) is 9.78 Å². The van der Waals surface area contributed by atoms with Crippen molar-refractivity contribution in [2.45, 2.75) is 19.3 Å². The fourth-order valence-electron chi connectivity index (χ4n) is 4.95. The first-order chi connectivity index (χ1) is 14.7. The Kier molecular flexibility index (Phi) is 4.95. The Morgan fingerprint density at radius 2 is 1.77 bits per heavy atom. The van der Waals surface area contributed by atoms with E-state index in [1.807, 2.05) is 4.90 Å². The number of anilines is 1. The van der Waals surface area contributed by atoms with E-state index in [-0.39, 0.29) is 11.3 Å². The molecule has 3 heterocycles. The van der Waals surface area contributed by atoms with E-state index in [4.69, 9.17) is 0 Å². The third kappa shape index (κ3) is 3.67. The van der Waals surface area contributed by atoms with Crippen LogP contribution in [0.15, 0.2) is 73.2 Å². The van der Waals surface area contributed by atoms with Crippen molar-refractivity contribution in [3.05, 3.63) is 78.9 Å². The molecule has 1 amide bonds. The number of hydrogen-bond acceptors (Lipinski definition) is 4. The van der Waals surface area contributed by atoms with Crippen LogP contribution < -0.4 is 4.90 Å². The van der Waals surface area contributed by atoms with Crippen molar-refractivity contribution in [3.63, 3.8) is 0 Å². The molecule has 1 aromatic heterocycles. The Balaban J connectivity index is 1.32. The number of carbonyl (C=O) groups is 1. The first kappa shape index (κ1) is 18.8. The Bertz CT molecular complexity index is 1020. The summed E-state index contributed by atoms with van der Waals surface area (Å²) in [5.41, 5.74) is 4.37. The van der Waals surface area contributed by atoms with Crippen LogP contribution in [0.25, 0.3) is 11.1 Å². The molecule has 1 spiro atoms. The lowest BCUT2D eigenvalue weighted by Gasteiger charge is -2.40. The molecule has 152 valence electrons. The van der Waals surface area contributed by atoms with Crippen molar-refractivity contribution in [1.82, 2.24) is 14.9 Å². The summed E-state index contributed by atoms with van der Waals surface area (Å²) < 4.78 is 0. The highest BCUT2D eigenvalue weighted by atomic mass is 16.2. The fourth-order valence-corrected chi connectivity index (χ4v) is 4.95. The van der Waals surface area contributed by atoms with Gasteiger partial charge in [-0.1, -0.05) is 42.5 Å². The largest absolute Gasteiger partial charge is 0.371 e. The van der Waals surface area contributed by atoms with Gasteiger partial charge in [0.05, 0.1) is 6.20 Å². The standard InChI is InChI=1S/C25H26N4O/c30-24(23-17-26-12-13-27-23)29-14-5-10-25(19-29)11-15-28(18-25)22-9-4-8-21(16-22)20-6-2-1-3-7-20/h1-4,6-9,12-13,16-17H,5,10-11,14-15,18-19H2/t25-/m0/s1. The van der Waals surface area contributed by atoms with Crippen LogP contribution in [0.3, 0.4) is 0 Å². The first-order valence-corrected chi connectivity index (χ1v) is 10.7. The number of amides is 1. The normalized spacial score (nSPS) is 21.2. The van der Waals surface area contributed by atoms with Crippen LogP contribution in [-0.2, 0) is 0 Å². The molecule has 0 saturated carbocycles. The lowest BCUT2D eigenvalue weighted by molar-refractivity contribution is 0.0550. The van der Waals surface area contributed by atoms with Gasteiger partial charge in [0.1, 0.15) is 5.69 Å². The van der Waals surface area contributed by atoms with E-state index >= 15 is 0 Å². The summed E-state index contributed by atoms with van der Waals surface area (Å²) in [6, 6.07) is 19.3. The second kappa shape index (κ2) is 7.90. The molecule has 5 heteroatoms. The van der Waals surface area contributed by atoms with Crippen LogP contribution in [0, 0.1) is 5.41 Å². The van der Waals surface area contributed by atoms with Gasteiger partial charge in [0.2, 0.25) is 0 Å². The topological polar surface area (TPSA) is 49.3 Å². The molecule has 2 fully saturated rings. The number of piperidine rings is 1. The van der Waals surface area contributed by atoms with Gasteiger partial charge in [-0.25, -0.2) is 4.98 Å². The number of carbonyl (C=O) groups excluding carboxylic acids is 1. The maximum Gasteiger partial charge on any atom is 0.274 e. The van der Waals surface area contributed by atoms with Gasteiger partial charge in [0.15, 0.2) is 0 Å². The quantitative estimate of drug-likeness (QED) is 0.661. The molecule has 0 bridgehead atoms. The van der Waals surface area contributed by atoms with Gasteiger partial charge >= 0.3 is 0 Å². The van der Waals surface area contributed by atoms with Crippen LogP contribution >= 0.6 is 0 Å². The molecule has 0 radical (unpaired) electrons. The second-order valence-electron chi connectivity index (χ2n) is 8.51. The zero-order valence-electron chi connectivity index (χ0n) is 17.1. The van der Waals surface area contributed by atoms with Crippen LogP contribution in [-0.4, -0.2) is 47.0 Å². The molecule has 2 aliphatic heterocycles. The minimum atomic E-state index is 0.00620. The Hall–Kier alpha value is -3.21. The predicted octanol–water partition coefficient (Wildman–Crippen LogP) is 4.28. The van der Waals surface area contributed by atoms with Gasteiger partial charge in [-0.15, -0.1) is 0 Å². The lowest BCUT2D eigenvalue weighted by Crippen LogP contribution is -2.47. The van der Waals surface area contributed by atoms with Gasteiger partial charge in [0.25, 0.3) is 5.91 Å². The molecule has 0 N–H and O–H groups in total. The maximum atomic E-state index is 12.9. The Morgan fingerprint density at radius 1 is 0.900 bits per heavy atom. The highest BCUT2D eigenvalue weighted by Crippen LogP contribution is 2.41. The van der Waals surface area contributed by atoms with Crippen molar-refractivity contribution < 1.29 is 4.79 Å². The summed E-state index contributed by atoms with van der Waals surface area (Å²) in [4.78, 5) is 25.6. The molecule has 2 saturated heterocycles. The van der Waals surface area contributed by atoms with Crippen LogP contribution in [0.1, 0.15) is 29.8 Å². The molecule has 1 atom stereocenters. The first-order valence-electron chi connectivity index (χ1n) is 10.7. The zero-order chi connectivity index (χ0) is 20.4. The maximum absolute atomic E-state index is 12.9. The molecule has 3 aromatic rings. The van der Waals surface area contributed by atoms with Crippen molar-refractivity contribution in [2.75, 3.05) is 31.1 Å². The van der Waals surface area contributed by atoms with Gasteiger partial charge in [-0.05, 0) is 42.5 Å². The molecular formula is C25H26N4O. The lowest BCUT2D eigenvalue weighted by atomic mass is 9.79. The highest BCUT2D eigenvalue weighted by Gasteiger charge is 2.42. The summed E-state index contributed by atoms with van der Waals surface area (Å²) in [5.74, 6) is 0.00620. The molecule has 0 aliphatic carbocycles. The average molecular weight is 399 g/mol. The van der Waals surface area contributed by atoms with E-state index in [0.29, 0.717) is 5.69 Å². The third-order valence-electron chi connectivity index (χ3n) is 6.49. The molecular weight excluding hydrogens is 372 g/mol. The van der Waals surface area contributed by atoms with Gasteiger partial charge < -0.3 is 9.80 Å².